The summed E-state index contributed by atoms with van der Waals surface area (Å²) in [6.07, 6.45) is 5.84. The summed E-state index contributed by atoms with van der Waals surface area (Å²) >= 11 is 0. The average molecular weight is 248 g/mol. The summed E-state index contributed by atoms with van der Waals surface area (Å²) in [5, 5.41) is 7.22. The molecule has 1 aromatic rings. The minimum absolute atomic E-state index is 0.0286. The number of hydrogen-bond donors (Lipinski definition) is 1. The van der Waals surface area contributed by atoms with Gasteiger partial charge in [-0.25, -0.2) is 0 Å². The van der Waals surface area contributed by atoms with E-state index in [-0.39, 0.29) is 23.9 Å². The predicted molar refractivity (Wildman–Crippen MR) is 63.5 cm³/mol. The van der Waals surface area contributed by atoms with Gasteiger partial charge in [0.2, 0.25) is 11.8 Å². The summed E-state index contributed by atoms with van der Waals surface area (Å²) < 4.78 is 1.80. The Morgan fingerprint density at radius 1 is 1.39 bits per heavy atom. The summed E-state index contributed by atoms with van der Waals surface area (Å²) in [7, 11) is 0. The molecule has 1 atom stereocenters. The highest BCUT2D eigenvalue weighted by molar-refractivity contribution is 6.06. The monoisotopic (exact) mass is 248 g/mol. The van der Waals surface area contributed by atoms with Crippen molar-refractivity contribution in [1.82, 2.24) is 20.0 Å². The Morgan fingerprint density at radius 3 is 2.89 bits per heavy atom. The molecule has 1 saturated heterocycles. The van der Waals surface area contributed by atoms with Gasteiger partial charge in [-0.2, -0.15) is 5.10 Å². The summed E-state index contributed by atoms with van der Waals surface area (Å²) in [6, 6.07) is 1.70. The molecule has 1 saturated carbocycles. The molecule has 2 amide bonds. The van der Waals surface area contributed by atoms with Gasteiger partial charge in [0.05, 0.1) is 19.0 Å². The fourth-order valence-corrected chi connectivity index (χ4v) is 2.31. The van der Waals surface area contributed by atoms with E-state index in [1.807, 2.05) is 12.3 Å². The van der Waals surface area contributed by atoms with Gasteiger partial charge in [0.1, 0.15) is 0 Å². The highest BCUT2D eigenvalue weighted by Crippen LogP contribution is 2.31. The molecule has 18 heavy (non-hydrogen) atoms. The van der Waals surface area contributed by atoms with Crippen LogP contribution >= 0.6 is 0 Å². The van der Waals surface area contributed by atoms with E-state index >= 15 is 0 Å². The number of amides is 2. The third-order valence-corrected chi connectivity index (χ3v) is 3.39. The van der Waals surface area contributed by atoms with Crippen molar-refractivity contribution in [1.29, 1.82) is 0 Å². The van der Waals surface area contributed by atoms with E-state index in [1.165, 1.54) is 4.90 Å². The third-order valence-electron chi connectivity index (χ3n) is 3.39. The Balaban J connectivity index is 1.51. The van der Waals surface area contributed by atoms with Gasteiger partial charge in [0.25, 0.3) is 0 Å². The summed E-state index contributed by atoms with van der Waals surface area (Å²) in [5.74, 6) is -0.0814. The molecule has 6 nitrogen and oxygen atoms in total. The van der Waals surface area contributed by atoms with Gasteiger partial charge in [-0.3, -0.25) is 19.2 Å². The molecule has 0 spiro atoms. The number of imide groups is 1. The van der Waals surface area contributed by atoms with Crippen LogP contribution in [-0.4, -0.2) is 45.1 Å². The minimum Gasteiger partial charge on any atom is -0.304 e. The highest BCUT2D eigenvalue weighted by Gasteiger charge is 2.45. The second-order valence-corrected chi connectivity index (χ2v) is 4.81. The van der Waals surface area contributed by atoms with Crippen LogP contribution in [0.2, 0.25) is 0 Å². The number of likely N-dealkylation sites (tertiary alicyclic amines) is 1. The maximum Gasteiger partial charge on any atom is 0.247 e. The summed E-state index contributed by atoms with van der Waals surface area (Å²) in [6.45, 7) is 1.35. The maximum atomic E-state index is 12.0. The van der Waals surface area contributed by atoms with Crippen molar-refractivity contribution in [3.63, 3.8) is 0 Å². The van der Waals surface area contributed by atoms with Crippen molar-refractivity contribution in [3.05, 3.63) is 18.5 Å². The van der Waals surface area contributed by atoms with Crippen LogP contribution in [0.3, 0.4) is 0 Å². The van der Waals surface area contributed by atoms with Crippen LogP contribution in [0.4, 0.5) is 0 Å². The minimum atomic E-state index is -0.339. The van der Waals surface area contributed by atoms with Gasteiger partial charge in [-0.05, 0) is 18.9 Å². The number of aromatic nitrogens is 2. The molecule has 2 aliphatic rings. The number of carbonyl (C=O) groups is 2. The van der Waals surface area contributed by atoms with Crippen molar-refractivity contribution in [3.8, 4) is 0 Å². The molecule has 6 heteroatoms. The second-order valence-electron chi connectivity index (χ2n) is 4.81. The molecule has 3 rings (SSSR count). The van der Waals surface area contributed by atoms with Crippen LogP contribution in [0.1, 0.15) is 19.3 Å². The van der Waals surface area contributed by atoms with Crippen LogP contribution in [-0.2, 0) is 16.1 Å². The molecule has 1 aromatic heterocycles. The molecule has 1 N–H and O–H groups in total. The van der Waals surface area contributed by atoms with Crippen molar-refractivity contribution in [2.45, 2.75) is 37.9 Å². The van der Waals surface area contributed by atoms with Gasteiger partial charge in [-0.15, -0.1) is 0 Å². The van der Waals surface area contributed by atoms with Gasteiger partial charge in [0.15, 0.2) is 0 Å². The quantitative estimate of drug-likeness (QED) is 0.730. The predicted octanol–water partition coefficient (Wildman–Crippen LogP) is -0.237. The molecule has 1 aliphatic carbocycles. The molecule has 2 fully saturated rings. The van der Waals surface area contributed by atoms with Gasteiger partial charge >= 0.3 is 0 Å². The topological polar surface area (TPSA) is 67.2 Å². The Kier molecular flexibility index (Phi) is 2.87. The zero-order chi connectivity index (χ0) is 12.5. The smallest absolute Gasteiger partial charge is 0.247 e. The van der Waals surface area contributed by atoms with Crippen LogP contribution < -0.4 is 5.32 Å². The molecular weight excluding hydrogens is 232 g/mol. The van der Waals surface area contributed by atoms with Gasteiger partial charge in [-0.1, -0.05) is 0 Å². The molecule has 96 valence electrons. The Labute approximate surface area is 105 Å². The van der Waals surface area contributed by atoms with E-state index in [4.69, 9.17) is 0 Å². The van der Waals surface area contributed by atoms with Crippen molar-refractivity contribution >= 4 is 11.8 Å². The molecule has 2 heterocycles. The largest absolute Gasteiger partial charge is 0.304 e. The first-order chi connectivity index (χ1) is 8.75. The summed E-state index contributed by atoms with van der Waals surface area (Å²) in [5.41, 5.74) is 0. The van der Waals surface area contributed by atoms with E-state index in [9.17, 15) is 9.59 Å². The second kappa shape index (κ2) is 4.53. The van der Waals surface area contributed by atoms with Crippen LogP contribution in [0, 0.1) is 0 Å². The lowest BCUT2D eigenvalue weighted by atomic mass is 10.2. The third kappa shape index (κ3) is 2.15. The molecule has 0 bridgehead atoms. The maximum absolute atomic E-state index is 12.0. The first-order valence-corrected chi connectivity index (χ1v) is 6.32. The Bertz CT molecular complexity index is 453. The van der Waals surface area contributed by atoms with Crippen LogP contribution in [0.5, 0.6) is 0 Å². The summed E-state index contributed by atoms with van der Waals surface area (Å²) in [4.78, 5) is 25.2. The lowest BCUT2D eigenvalue weighted by molar-refractivity contribution is -0.139. The standard InChI is InChI=1S/C12H16N4O2/c17-11-8-10(12(18)16(11)9-2-3-9)13-5-7-15-6-1-4-14-15/h1,4,6,9-10,13H,2-3,5,7-8H2. The average Bonchev–Trinajstić information content (AvgIpc) is 2.95. The Hall–Kier alpha value is -1.69. The number of rotatable bonds is 5. The molecule has 0 radical (unpaired) electrons. The first kappa shape index (κ1) is 11.4. The number of hydrogen-bond acceptors (Lipinski definition) is 4. The first-order valence-electron chi connectivity index (χ1n) is 6.32. The van der Waals surface area contributed by atoms with E-state index in [2.05, 4.69) is 10.4 Å². The lowest BCUT2D eigenvalue weighted by Crippen LogP contribution is -2.40. The molecular formula is C12H16N4O2. The van der Waals surface area contributed by atoms with Crippen molar-refractivity contribution in [2.24, 2.45) is 0 Å². The number of carbonyl (C=O) groups excluding carboxylic acids is 2. The fraction of sp³-hybridized carbons (Fsp3) is 0.583. The van der Waals surface area contributed by atoms with E-state index in [0.717, 1.165) is 12.8 Å². The van der Waals surface area contributed by atoms with Crippen molar-refractivity contribution < 1.29 is 9.59 Å². The highest BCUT2D eigenvalue weighted by atomic mass is 16.2. The van der Waals surface area contributed by atoms with E-state index in [0.29, 0.717) is 19.5 Å². The van der Waals surface area contributed by atoms with Crippen molar-refractivity contribution in [2.75, 3.05) is 6.54 Å². The van der Waals surface area contributed by atoms with Gasteiger partial charge < -0.3 is 5.32 Å². The molecule has 1 aliphatic heterocycles. The molecule has 1 unspecified atom stereocenters. The Morgan fingerprint density at radius 2 is 2.22 bits per heavy atom. The SMILES string of the molecule is O=C1CC(NCCn2cccn2)C(=O)N1C1CC1. The fourth-order valence-electron chi connectivity index (χ4n) is 2.31. The number of nitrogens with one attached hydrogen (secondary N) is 1. The van der Waals surface area contributed by atoms with Crippen LogP contribution in [0.25, 0.3) is 0 Å². The lowest BCUT2D eigenvalue weighted by Gasteiger charge is -2.14. The zero-order valence-electron chi connectivity index (χ0n) is 10.1. The van der Waals surface area contributed by atoms with E-state index in [1.54, 1.807) is 10.9 Å². The number of nitrogens with zero attached hydrogens (tertiary/aromatic N) is 3. The zero-order valence-corrected chi connectivity index (χ0v) is 10.1. The molecule has 0 aromatic carbocycles. The van der Waals surface area contributed by atoms with Crippen LogP contribution in [0.15, 0.2) is 18.5 Å². The van der Waals surface area contributed by atoms with E-state index < -0.39 is 0 Å². The normalized spacial score (nSPS) is 24.0. The van der Waals surface area contributed by atoms with Gasteiger partial charge in [0, 0.05) is 25.0 Å².